The Morgan fingerprint density at radius 3 is 2.60 bits per heavy atom. The van der Waals surface area contributed by atoms with Gasteiger partial charge in [-0.15, -0.1) is 0 Å². The third-order valence-corrected chi connectivity index (χ3v) is 2.57. The van der Waals surface area contributed by atoms with Crippen molar-refractivity contribution in [2.75, 3.05) is 0 Å². The lowest BCUT2D eigenvalue weighted by Crippen LogP contribution is -1.91. The number of hydrogen-bond donors (Lipinski definition) is 0. The highest BCUT2D eigenvalue weighted by atomic mass is 79.9. The average Bonchev–Trinajstić information content (AvgIpc) is 2.67. The summed E-state index contributed by atoms with van der Waals surface area (Å²) in [5, 5.41) is 3.63. The fraction of sp³-hybridized carbons (Fsp3) is 0.0909. The van der Waals surface area contributed by atoms with Crippen molar-refractivity contribution in [3.8, 4) is 11.1 Å². The second-order valence-corrected chi connectivity index (χ2v) is 4.05. The van der Waals surface area contributed by atoms with E-state index in [1.807, 2.05) is 24.3 Å². The Balaban J connectivity index is 2.49. The van der Waals surface area contributed by atoms with E-state index in [-0.39, 0.29) is 5.78 Å². The van der Waals surface area contributed by atoms with Gasteiger partial charge in [-0.05, 0) is 17.7 Å². The van der Waals surface area contributed by atoms with Crippen LogP contribution >= 0.6 is 15.9 Å². The second kappa shape index (κ2) is 3.98. The molecule has 0 saturated carbocycles. The highest BCUT2D eigenvalue weighted by Gasteiger charge is 2.13. The molecule has 0 bridgehead atoms. The molecule has 0 aliphatic rings. The summed E-state index contributed by atoms with van der Waals surface area (Å²) in [6.45, 7) is 1.46. The lowest BCUT2D eigenvalue weighted by molar-refractivity contribution is 0.0979. The third-order valence-electron chi connectivity index (χ3n) is 2.05. The highest BCUT2D eigenvalue weighted by molar-refractivity contribution is 9.10. The number of carbonyl (C=O) groups is 1. The molecule has 76 valence electrons. The van der Waals surface area contributed by atoms with E-state index in [4.69, 9.17) is 4.52 Å². The number of benzene rings is 1. The summed E-state index contributed by atoms with van der Waals surface area (Å²) in [6.07, 6.45) is 1.56. The minimum absolute atomic E-state index is 0.120. The van der Waals surface area contributed by atoms with Gasteiger partial charge in [-0.2, -0.15) is 0 Å². The van der Waals surface area contributed by atoms with Crippen LogP contribution < -0.4 is 0 Å². The Morgan fingerprint density at radius 1 is 1.33 bits per heavy atom. The molecule has 0 unspecified atom stereocenters. The molecule has 0 atom stereocenters. The third kappa shape index (κ3) is 1.99. The Morgan fingerprint density at radius 2 is 2.00 bits per heavy atom. The molecule has 4 heteroatoms. The average molecular weight is 266 g/mol. The van der Waals surface area contributed by atoms with E-state index in [0.29, 0.717) is 5.76 Å². The summed E-state index contributed by atoms with van der Waals surface area (Å²) in [5.41, 5.74) is 1.65. The maximum Gasteiger partial charge on any atom is 0.209 e. The van der Waals surface area contributed by atoms with Gasteiger partial charge in [0.2, 0.25) is 5.76 Å². The van der Waals surface area contributed by atoms with Crippen molar-refractivity contribution in [3.63, 3.8) is 0 Å². The van der Waals surface area contributed by atoms with Gasteiger partial charge in [-0.1, -0.05) is 33.2 Å². The first-order valence-corrected chi connectivity index (χ1v) is 5.19. The van der Waals surface area contributed by atoms with Crippen LogP contribution in [-0.2, 0) is 0 Å². The molecule has 0 aliphatic heterocycles. The number of Topliss-reactive ketones (excluding diaryl/α,β-unsaturated/α-hetero) is 1. The lowest BCUT2D eigenvalue weighted by atomic mass is 10.1. The van der Waals surface area contributed by atoms with Crippen molar-refractivity contribution in [1.29, 1.82) is 0 Å². The molecular weight excluding hydrogens is 258 g/mol. The molecule has 15 heavy (non-hydrogen) atoms. The molecule has 2 rings (SSSR count). The van der Waals surface area contributed by atoms with Crippen LogP contribution in [0.5, 0.6) is 0 Å². The lowest BCUT2D eigenvalue weighted by Gasteiger charge is -1.98. The van der Waals surface area contributed by atoms with Crippen molar-refractivity contribution >= 4 is 21.7 Å². The number of halogens is 1. The van der Waals surface area contributed by atoms with Gasteiger partial charge in [0.25, 0.3) is 0 Å². The van der Waals surface area contributed by atoms with Crippen LogP contribution in [0.25, 0.3) is 11.1 Å². The van der Waals surface area contributed by atoms with Gasteiger partial charge in [-0.3, -0.25) is 4.79 Å². The SMILES string of the molecule is CC(=O)c1oncc1-c1ccc(Br)cc1. The van der Waals surface area contributed by atoms with E-state index in [1.54, 1.807) is 6.20 Å². The van der Waals surface area contributed by atoms with Crippen LogP contribution in [0.3, 0.4) is 0 Å². The van der Waals surface area contributed by atoms with Crippen LogP contribution in [0.4, 0.5) is 0 Å². The van der Waals surface area contributed by atoms with Crippen molar-refractivity contribution in [3.05, 3.63) is 40.7 Å². The van der Waals surface area contributed by atoms with Gasteiger partial charge in [0.15, 0.2) is 5.78 Å². The number of hydrogen-bond acceptors (Lipinski definition) is 3. The molecule has 2 aromatic rings. The normalized spacial score (nSPS) is 10.3. The first-order valence-electron chi connectivity index (χ1n) is 4.40. The van der Waals surface area contributed by atoms with Crippen molar-refractivity contribution < 1.29 is 9.32 Å². The van der Waals surface area contributed by atoms with E-state index in [1.165, 1.54) is 6.92 Å². The van der Waals surface area contributed by atoms with Gasteiger partial charge >= 0.3 is 0 Å². The zero-order chi connectivity index (χ0) is 10.8. The molecule has 0 N–H and O–H groups in total. The molecule has 1 heterocycles. The molecule has 0 fully saturated rings. The van der Waals surface area contributed by atoms with Crippen molar-refractivity contribution in [2.24, 2.45) is 0 Å². The summed E-state index contributed by atoms with van der Waals surface area (Å²) in [4.78, 5) is 11.2. The van der Waals surface area contributed by atoms with Crippen LogP contribution in [0.1, 0.15) is 17.5 Å². The fourth-order valence-corrected chi connectivity index (χ4v) is 1.59. The molecule has 0 saturated heterocycles. The van der Waals surface area contributed by atoms with Gasteiger partial charge in [-0.25, -0.2) is 0 Å². The maximum absolute atomic E-state index is 11.2. The molecule has 1 aromatic carbocycles. The molecule has 3 nitrogen and oxygen atoms in total. The van der Waals surface area contributed by atoms with E-state index >= 15 is 0 Å². The molecule has 0 spiro atoms. The van der Waals surface area contributed by atoms with Crippen LogP contribution in [-0.4, -0.2) is 10.9 Å². The van der Waals surface area contributed by atoms with Crippen LogP contribution in [0.15, 0.2) is 39.5 Å². The summed E-state index contributed by atoms with van der Waals surface area (Å²) >= 11 is 3.35. The Hall–Kier alpha value is -1.42. The maximum atomic E-state index is 11.2. The van der Waals surface area contributed by atoms with Crippen LogP contribution in [0.2, 0.25) is 0 Å². The molecule has 1 aromatic heterocycles. The Kier molecular flexibility index (Phi) is 2.68. The molecule has 0 radical (unpaired) electrons. The summed E-state index contributed by atoms with van der Waals surface area (Å²) < 4.78 is 5.89. The topological polar surface area (TPSA) is 43.1 Å². The first kappa shape index (κ1) is 10.1. The molecule has 0 aliphatic carbocycles. The van der Waals surface area contributed by atoms with E-state index < -0.39 is 0 Å². The summed E-state index contributed by atoms with van der Waals surface area (Å²) in [6, 6.07) is 7.63. The van der Waals surface area contributed by atoms with E-state index in [0.717, 1.165) is 15.6 Å². The smallest absolute Gasteiger partial charge is 0.209 e. The largest absolute Gasteiger partial charge is 0.352 e. The Bertz CT molecular complexity index is 488. The van der Waals surface area contributed by atoms with Crippen molar-refractivity contribution in [1.82, 2.24) is 5.16 Å². The van der Waals surface area contributed by atoms with Gasteiger partial charge in [0.1, 0.15) is 0 Å². The summed E-state index contributed by atoms with van der Waals surface area (Å²) in [5.74, 6) is 0.183. The summed E-state index contributed by atoms with van der Waals surface area (Å²) in [7, 11) is 0. The number of ketones is 1. The van der Waals surface area contributed by atoms with Crippen molar-refractivity contribution in [2.45, 2.75) is 6.92 Å². The Labute approximate surface area is 95.2 Å². The standard InChI is InChI=1S/C11H8BrNO2/c1-7(14)11-10(6-13-15-11)8-2-4-9(12)5-3-8/h2-6H,1H3. The number of carbonyl (C=O) groups excluding carboxylic acids is 1. The number of rotatable bonds is 2. The quantitative estimate of drug-likeness (QED) is 0.783. The minimum atomic E-state index is -0.120. The minimum Gasteiger partial charge on any atom is -0.352 e. The predicted molar refractivity (Wildman–Crippen MR) is 59.6 cm³/mol. The monoisotopic (exact) mass is 265 g/mol. The van der Waals surface area contributed by atoms with Crippen LogP contribution in [0, 0.1) is 0 Å². The van der Waals surface area contributed by atoms with Gasteiger partial charge in [0.05, 0.1) is 11.8 Å². The van der Waals surface area contributed by atoms with Gasteiger partial charge in [0, 0.05) is 11.4 Å². The van der Waals surface area contributed by atoms with E-state index in [9.17, 15) is 4.79 Å². The highest BCUT2D eigenvalue weighted by Crippen LogP contribution is 2.25. The first-order chi connectivity index (χ1) is 7.18. The second-order valence-electron chi connectivity index (χ2n) is 3.13. The van der Waals surface area contributed by atoms with E-state index in [2.05, 4.69) is 21.1 Å². The fourth-order valence-electron chi connectivity index (χ4n) is 1.33. The zero-order valence-electron chi connectivity index (χ0n) is 8.03. The number of nitrogens with zero attached hydrogens (tertiary/aromatic N) is 1. The predicted octanol–water partition coefficient (Wildman–Crippen LogP) is 3.31. The molecule has 0 amide bonds. The zero-order valence-corrected chi connectivity index (χ0v) is 9.61. The van der Waals surface area contributed by atoms with Gasteiger partial charge < -0.3 is 4.52 Å². The number of aromatic nitrogens is 1. The molecular formula is C11H8BrNO2.